The van der Waals surface area contributed by atoms with Crippen molar-refractivity contribution >= 4 is 17.7 Å². The lowest BCUT2D eigenvalue weighted by atomic mass is 10.1. The van der Waals surface area contributed by atoms with Gasteiger partial charge in [0, 0.05) is 78.2 Å². The second-order valence-corrected chi connectivity index (χ2v) is 23.1. The van der Waals surface area contributed by atoms with Crippen molar-refractivity contribution in [2.45, 2.75) is 297 Å². The summed E-state index contributed by atoms with van der Waals surface area (Å²) in [6.07, 6.45) is 52.2. The Hall–Kier alpha value is -1.87. The number of nitrogens with one attached hydrogen (secondary N) is 4. The smallest absolute Gasteiger partial charge is 0.221 e. The zero-order valence-electron chi connectivity index (χ0n) is 53.1. The maximum atomic E-state index is 12.6. The highest BCUT2D eigenvalue weighted by Gasteiger charge is 2.13. The summed E-state index contributed by atoms with van der Waals surface area (Å²) in [6.45, 7) is 20.2. The van der Waals surface area contributed by atoms with Crippen molar-refractivity contribution in [3.63, 3.8) is 0 Å². The van der Waals surface area contributed by atoms with Crippen LogP contribution in [0.5, 0.6) is 0 Å². The molecule has 0 saturated heterocycles. The zero-order valence-corrected chi connectivity index (χ0v) is 53.1. The van der Waals surface area contributed by atoms with Gasteiger partial charge in [-0.05, 0) is 71.2 Å². The molecule has 0 radical (unpaired) electrons. The lowest BCUT2D eigenvalue weighted by Crippen LogP contribution is -2.37. The number of hydrogen-bond acceptors (Lipinski definition) is 10. The highest BCUT2D eigenvalue weighted by atomic mass is 16.3. The number of aliphatic hydroxyl groups is 3. The maximum Gasteiger partial charge on any atom is 0.221 e. The molecule has 0 aliphatic rings. The molecule has 0 aliphatic heterocycles. The molecule has 0 fully saturated rings. The average molecular weight is 1120 g/mol. The number of aliphatic hydroxyl groups excluding tert-OH is 3. The summed E-state index contributed by atoms with van der Waals surface area (Å²) in [4.78, 5) is 43.8. The number of carbonyl (C=O) groups excluding carboxylic acids is 3. The molecule has 0 rings (SSSR count). The third kappa shape index (κ3) is 65.2. The number of hydrogen-bond donors (Lipinski definition) is 7. The summed E-state index contributed by atoms with van der Waals surface area (Å²) in [5, 5.41) is 39.9. The first-order valence-corrected chi connectivity index (χ1v) is 34.3. The van der Waals surface area contributed by atoms with E-state index < -0.39 is 0 Å². The third-order valence-corrected chi connectivity index (χ3v) is 15.5. The molecule has 0 atom stereocenters. The fourth-order valence-electron chi connectivity index (χ4n) is 10.4. The fraction of sp³-hybridized carbons (Fsp3) is 0.955. The summed E-state index contributed by atoms with van der Waals surface area (Å²) in [5.74, 6) is 0.377. The summed E-state index contributed by atoms with van der Waals surface area (Å²) in [5.41, 5.74) is 0. The summed E-state index contributed by atoms with van der Waals surface area (Å²) in [7, 11) is 0. The molecule has 0 aliphatic carbocycles. The monoisotopic (exact) mass is 1120 g/mol. The first-order valence-electron chi connectivity index (χ1n) is 34.3. The van der Waals surface area contributed by atoms with Crippen LogP contribution in [-0.4, -0.2) is 159 Å². The molecule has 0 heterocycles. The molecule has 0 spiro atoms. The van der Waals surface area contributed by atoms with Crippen molar-refractivity contribution in [2.24, 2.45) is 0 Å². The Labute approximate surface area is 490 Å². The van der Waals surface area contributed by atoms with E-state index in [9.17, 15) is 19.5 Å². The van der Waals surface area contributed by atoms with Crippen molar-refractivity contribution in [2.75, 3.05) is 111 Å². The van der Waals surface area contributed by atoms with E-state index in [1.54, 1.807) is 0 Å². The van der Waals surface area contributed by atoms with Crippen LogP contribution in [0.2, 0.25) is 0 Å². The van der Waals surface area contributed by atoms with Crippen LogP contribution in [0.25, 0.3) is 0 Å². The lowest BCUT2D eigenvalue weighted by Gasteiger charge is -2.25. The van der Waals surface area contributed by atoms with Crippen molar-refractivity contribution in [3.05, 3.63) is 0 Å². The molecular weight excluding hydrogens is 987 g/mol. The number of amides is 3. The predicted octanol–water partition coefficient (Wildman–Crippen LogP) is 13.3. The van der Waals surface area contributed by atoms with Crippen molar-refractivity contribution in [3.8, 4) is 0 Å². The highest BCUT2D eigenvalue weighted by molar-refractivity contribution is 5.77. The van der Waals surface area contributed by atoms with Crippen molar-refractivity contribution < 1.29 is 29.7 Å². The van der Waals surface area contributed by atoms with Gasteiger partial charge in [-0.2, -0.15) is 0 Å². The second-order valence-electron chi connectivity index (χ2n) is 23.1. The molecule has 3 amide bonds. The van der Waals surface area contributed by atoms with Crippen LogP contribution in [-0.2, 0) is 14.4 Å². The van der Waals surface area contributed by atoms with E-state index >= 15 is 0 Å². The SMILES string of the molecule is CCCCCCCCCCCCCCNC(=O)CCN(CCCN(CCC)CCO)CCC(=O)NCCCCCCCCCCCCCC.CCCCCCCCCCCCCCNC(=O)CCNCCCN(CCO)CCO. The largest absolute Gasteiger partial charge is 0.395 e. The molecule has 0 unspecified atom stereocenters. The van der Waals surface area contributed by atoms with Gasteiger partial charge in [0.05, 0.1) is 19.8 Å². The molecule has 7 N–H and O–H groups in total. The Morgan fingerprint density at radius 3 is 0.823 bits per heavy atom. The molecule has 0 saturated carbocycles. The van der Waals surface area contributed by atoms with Gasteiger partial charge < -0.3 is 46.4 Å². The van der Waals surface area contributed by atoms with Crippen molar-refractivity contribution in [1.29, 1.82) is 0 Å². The van der Waals surface area contributed by atoms with Gasteiger partial charge in [-0.25, -0.2) is 0 Å². The molecule has 0 aromatic heterocycles. The van der Waals surface area contributed by atoms with Crippen LogP contribution in [0.15, 0.2) is 0 Å². The Kier molecular flexibility index (Phi) is 68.8. The summed E-state index contributed by atoms with van der Waals surface area (Å²) < 4.78 is 0. The van der Waals surface area contributed by atoms with Gasteiger partial charge in [0.1, 0.15) is 0 Å². The number of rotatable bonds is 64. The van der Waals surface area contributed by atoms with Gasteiger partial charge in [-0.3, -0.25) is 19.3 Å². The van der Waals surface area contributed by atoms with E-state index in [0.717, 1.165) is 90.9 Å². The second kappa shape index (κ2) is 68.6. The third-order valence-electron chi connectivity index (χ3n) is 15.5. The van der Waals surface area contributed by atoms with Gasteiger partial charge in [-0.1, -0.05) is 240 Å². The van der Waals surface area contributed by atoms with Gasteiger partial charge in [-0.15, -0.1) is 0 Å². The normalized spacial score (nSPS) is 11.5. The summed E-state index contributed by atoms with van der Waals surface area (Å²) >= 11 is 0. The fourth-order valence-corrected chi connectivity index (χ4v) is 10.4. The van der Waals surface area contributed by atoms with Gasteiger partial charge in [0.2, 0.25) is 17.7 Å². The van der Waals surface area contributed by atoms with E-state index in [4.69, 9.17) is 10.2 Å². The first kappa shape index (κ1) is 79.2. The van der Waals surface area contributed by atoms with Crippen LogP contribution in [0.3, 0.4) is 0 Å². The number of carbonyl (C=O) groups is 3. The predicted molar refractivity (Wildman–Crippen MR) is 339 cm³/mol. The van der Waals surface area contributed by atoms with Gasteiger partial charge in [0.25, 0.3) is 0 Å². The van der Waals surface area contributed by atoms with E-state index in [2.05, 4.69) is 58.8 Å². The highest BCUT2D eigenvalue weighted by Crippen LogP contribution is 2.15. The molecule has 13 heteroatoms. The Morgan fingerprint density at radius 1 is 0.253 bits per heavy atom. The van der Waals surface area contributed by atoms with Crippen molar-refractivity contribution in [1.82, 2.24) is 36.0 Å². The van der Waals surface area contributed by atoms with Gasteiger partial charge in [0.15, 0.2) is 0 Å². The van der Waals surface area contributed by atoms with E-state index in [0.29, 0.717) is 58.5 Å². The van der Waals surface area contributed by atoms with E-state index in [1.807, 2.05) is 4.90 Å². The maximum absolute atomic E-state index is 12.6. The Bertz CT molecular complexity index is 1160. The van der Waals surface area contributed by atoms with E-state index in [-0.39, 0.29) is 37.5 Å². The molecular formula is C66H137N7O6. The summed E-state index contributed by atoms with van der Waals surface area (Å²) in [6, 6.07) is 0. The quantitative estimate of drug-likeness (QED) is 0.0291. The molecule has 0 bridgehead atoms. The number of nitrogens with zero attached hydrogens (tertiary/aromatic N) is 3. The zero-order chi connectivity index (χ0) is 58.0. The minimum absolute atomic E-state index is 0.118. The van der Waals surface area contributed by atoms with Crippen LogP contribution in [0.1, 0.15) is 297 Å². The first-order chi connectivity index (χ1) is 38.8. The van der Waals surface area contributed by atoms with E-state index in [1.165, 1.54) is 212 Å². The van der Waals surface area contributed by atoms with Crippen LogP contribution in [0, 0.1) is 0 Å². The molecule has 0 aromatic carbocycles. The Morgan fingerprint density at radius 2 is 0.519 bits per heavy atom. The molecule has 13 nitrogen and oxygen atoms in total. The minimum atomic E-state index is 0.118. The topological polar surface area (TPSA) is 170 Å². The molecule has 79 heavy (non-hydrogen) atoms. The average Bonchev–Trinajstić information content (AvgIpc) is 3.44. The van der Waals surface area contributed by atoms with Crippen LogP contribution in [0.4, 0.5) is 0 Å². The van der Waals surface area contributed by atoms with Crippen LogP contribution < -0.4 is 21.3 Å². The van der Waals surface area contributed by atoms with Gasteiger partial charge >= 0.3 is 0 Å². The standard InChI is InChI=1S/C42H86N4O3.C24H51N3O3/c1-4-7-9-11-13-15-17-19-21-23-25-27-32-43-41(48)30-37-46(36-29-35-45(34-6-3)39-40-47)38-31-42(49)44-33-28-26-24-22-20-18-16-14-12-10-8-5-2;1-2-3-4-5-6-7-8-9-10-11-12-13-17-26-24(30)15-18-25-16-14-19-27(20-22-28)21-23-29/h47H,4-40H2,1-3H3,(H,43,48)(H,44,49);25,28-29H,2-23H2,1H3,(H,26,30). The minimum Gasteiger partial charge on any atom is -0.395 e. The number of unbranched alkanes of at least 4 members (excludes halogenated alkanes) is 33. The molecule has 0 aromatic rings. The molecule has 472 valence electrons. The lowest BCUT2D eigenvalue weighted by molar-refractivity contribution is -0.122. The Balaban J connectivity index is 0. The van der Waals surface area contributed by atoms with Crippen LogP contribution >= 0.6 is 0 Å².